The first-order valence-electron chi connectivity index (χ1n) is 6.19. The Kier molecular flexibility index (Phi) is 7.24. The molecule has 1 heterocycles. The summed E-state index contributed by atoms with van der Waals surface area (Å²) in [6.07, 6.45) is 3.36. The molecule has 2 nitrogen and oxygen atoms in total. The Balaban J connectivity index is 2.78. The number of hydrogen-bond donors (Lipinski definition) is 1. The van der Waals surface area contributed by atoms with Crippen LogP contribution in [0.15, 0.2) is 15.9 Å². The molecule has 3 atom stereocenters. The van der Waals surface area contributed by atoms with Crippen LogP contribution in [0.25, 0.3) is 0 Å². The largest absolute Gasteiger partial charge is 0.326 e. The fourth-order valence-corrected chi connectivity index (χ4v) is 4.35. The van der Waals surface area contributed by atoms with Gasteiger partial charge in [-0.25, -0.2) is 0 Å². The number of thioether (sulfide) groups is 1. The molecule has 0 aliphatic heterocycles. The number of likely N-dealkylation sites (N-methyl/N-ethyl adjacent to an activating group) is 1. The average molecular weight is 351 g/mol. The van der Waals surface area contributed by atoms with Crippen LogP contribution in [0.3, 0.4) is 0 Å². The average Bonchev–Trinajstić information content (AvgIpc) is 2.72. The van der Waals surface area contributed by atoms with Crippen molar-refractivity contribution in [1.29, 1.82) is 0 Å². The van der Waals surface area contributed by atoms with Crippen LogP contribution in [-0.4, -0.2) is 36.0 Å². The zero-order valence-electron chi connectivity index (χ0n) is 11.5. The van der Waals surface area contributed by atoms with E-state index < -0.39 is 0 Å². The number of hydrogen-bond acceptors (Lipinski definition) is 4. The first-order valence-corrected chi connectivity index (χ1v) is 9.19. The third-order valence-corrected chi connectivity index (χ3v) is 5.60. The topological polar surface area (TPSA) is 29.3 Å². The van der Waals surface area contributed by atoms with Gasteiger partial charge in [-0.05, 0) is 67.4 Å². The predicted molar refractivity (Wildman–Crippen MR) is 88.6 cm³/mol. The number of nitrogens with two attached hydrogens (primary N) is 1. The molecule has 0 bridgehead atoms. The van der Waals surface area contributed by atoms with E-state index in [0.29, 0.717) is 12.1 Å². The number of halogens is 1. The normalized spacial score (nSPS) is 16.8. The van der Waals surface area contributed by atoms with E-state index in [1.165, 1.54) is 20.8 Å². The summed E-state index contributed by atoms with van der Waals surface area (Å²) in [7, 11) is 2.19. The van der Waals surface area contributed by atoms with E-state index in [9.17, 15) is 0 Å². The molecule has 1 rings (SSSR count). The summed E-state index contributed by atoms with van der Waals surface area (Å²) in [6, 6.07) is 5.28. The Hall–Kier alpha value is 0.450. The first kappa shape index (κ1) is 16.5. The highest BCUT2D eigenvalue weighted by Gasteiger charge is 2.25. The Morgan fingerprint density at radius 2 is 2.11 bits per heavy atom. The maximum atomic E-state index is 6.19. The minimum absolute atomic E-state index is 0.136. The van der Waals surface area contributed by atoms with Crippen molar-refractivity contribution in [1.82, 2.24) is 4.90 Å². The molecule has 0 saturated carbocycles. The van der Waals surface area contributed by atoms with Crippen LogP contribution in [-0.2, 0) is 0 Å². The number of thiophene rings is 1. The van der Waals surface area contributed by atoms with Gasteiger partial charge in [0.25, 0.3) is 0 Å². The van der Waals surface area contributed by atoms with Crippen molar-refractivity contribution in [2.75, 3.05) is 19.1 Å². The standard InChI is InChI=1S/C13H23BrN2S2/c1-9(7-8-17-4)16(3)13(10(2)15)11-5-6-12(14)18-11/h5-6,9-10,13H,7-8,15H2,1-4H3. The molecule has 5 heteroatoms. The molecule has 0 aromatic carbocycles. The maximum absolute atomic E-state index is 6.19. The highest BCUT2D eigenvalue weighted by atomic mass is 79.9. The van der Waals surface area contributed by atoms with Gasteiger partial charge in [-0.15, -0.1) is 11.3 Å². The summed E-state index contributed by atoms with van der Waals surface area (Å²) >= 11 is 7.22. The molecule has 0 aliphatic carbocycles. The molecule has 104 valence electrons. The van der Waals surface area contributed by atoms with Gasteiger partial charge in [0.05, 0.1) is 9.83 Å². The lowest BCUT2D eigenvalue weighted by molar-refractivity contribution is 0.165. The van der Waals surface area contributed by atoms with E-state index in [-0.39, 0.29) is 6.04 Å². The van der Waals surface area contributed by atoms with Crippen molar-refractivity contribution in [3.63, 3.8) is 0 Å². The molecule has 0 radical (unpaired) electrons. The molecule has 3 unspecified atom stereocenters. The molecule has 0 amide bonds. The zero-order valence-corrected chi connectivity index (χ0v) is 14.7. The number of nitrogens with zero attached hydrogens (tertiary/aromatic N) is 1. The molecule has 18 heavy (non-hydrogen) atoms. The third kappa shape index (κ3) is 4.53. The summed E-state index contributed by atoms with van der Waals surface area (Å²) in [6.45, 7) is 4.38. The fourth-order valence-electron chi connectivity index (χ4n) is 2.08. The van der Waals surface area contributed by atoms with Crippen molar-refractivity contribution in [2.45, 2.75) is 38.4 Å². The van der Waals surface area contributed by atoms with Gasteiger partial charge < -0.3 is 5.73 Å². The minimum atomic E-state index is 0.136. The number of rotatable bonds is 7. The Bertz CT molecular complexity index is 355. The van der Waals surface area contributed by atoms with Crippen LogP contribution in [0.1, 0.15) is 31.2 Å². The summed E-state index contributed by atoms with van der Waals surface area (Å²) in [5, 5.41) is 0. The summed E-state index contributed by atoms with van der Waals surface area (Å²) in [5.41, 5.74) is 6.19. The maximum Gasteiger partial charge on any atom is 0.0702 e. The summed E-state index contributed by atoms with van der Waals surface area (Å²) in [4.78, 5) is 3.76. The van der Waals surface area contributed by atoms with Crippen molar-refractivity contribution < 1.29 is 0 Å². The Morgan fingerprint density at radius 3 is 2.56 bits per heavy atom. The van der Waals surface area contributed by atoms with Crippen LogP contribution < -0.4 is 5.73 Å². The third-order valence-electron chi connectivity index (χ3n) is 3.26. The quantitative estimate of drug-likeness (QED) is 0.806. The summed E-state index contributed by atoms with van der Waals surface area (Å²) in [5.74, 6) is 1.20. The van der Waals surface area contributed by atoms with Gasteiger partial charge >= 0.3 is 0 Å². The Morgan fingerprint density at radius 1 is 1.44 bits per heavy atom. The monoisotopic (exact) mass is 350 g/mol. The molecule has 1 aromatic heterocycles. The molecule has 1 aromatic rings. The second kappa shape index (κ2) is 7.90. The smallest absolute Gasteiger partial charge is 0.0702 e. The van der Waals surface area contributed by atoms with Gasteiger partial charge in [0, 0.05) is 17.0 Å². The molecule has 2 N–H and O–H groups in total. The van der Waals surface area contributed by atoms with E-state index in [4.69, 9.17) is 5.73 Å². The lowest BCUT2D eigenvalue weighted by Crippen LogP contribution is -2.41. The first-order chi connectivity index (χ1) is 8.47. The van der Waals surface area contributed by atoms with E-state index >= 15 is 0 Å². The van der Waals surface area contributed by atoms with Crippen molar-refractivity contribution >= 4 is 39.0 Å². The Labute approximate surface area is 127 Å². The minimum Gasteiger partial charge on any atom is -0.326 e. The predicted octanol–water partition coefficient (Wildman–Crippen LogP) is 3.97. The van der Waals surface area contributed by atoms with Crippen molar-refractivity contribution in [3.05, 3.63) is 20.8 Å². The molecule has 0 spiro atoms. The van der Waals surface area contributed by atoms with Crippen molar-refractivity contribution in [3.8, 4) is 0 Å². The highest BCUT2D eigenvalue weighted by Crippen LogP contribution is 2.33. The molecule has 0 saturated heterocycles. The van der Waals surface area contributed by atoms with Gasteiger partial charge in [0.2, 0.25) is 0 Å². The van der Waals surface area contributed by atoms with Crippen LogP contribution in [0.4, 0.5) is 0 Å². The van der Waals surface area contributed by atoms with Crippen LogP contribution >= 0.6 is 39.0 Å². The zero-order chi connectivity index (χ0) is 13.7. The second-order valence-corrected chi connectivity index (χ2v) is 8.22. The van der Waals surface area contributed by atoms with Gasteiger partial charge in [-0.2, -0.15) is 11.8 Å². The van der Waals surface area contributed by atoms with Gasteiger partial charge in [-0.3, -0.25) is 4.90 Å². The fraction of sp³-hybridized carbons (Fsp3) is 0.692. The SMILES string of the molecule is CSCCC(C)N(C)C(c1ccc(Br)s1)C(C)N. The van der Waals surface area contributed by atoms with E-state index in [2.05, 4.69) is 60.1 Å². The molecule has 0 aliphatic rings. The van der Waals surface area contributed by atoms with Gasteiger partial charge in [-0.1, -0.05) is 0 Å². The lowest BCUT2D eigenvalue weighted by Gasteiger charge is -2.35. The van der Waals surface area contributed by atoms with Gasteiger partial charge in [0.1, 0.15) is 0 Å². The second-order valence-electron chi connectivity index (χ2n) is 4.74. The van der Waals surface area contributed by atoms with Crippen molar-refractivity contribution in [2.24, 2.45) is 5.73 Å². The molecular weight excluding hydrogens is 328 g/mol. The summed E-state index contributed by atoms with van der Waals surface area (Å²) < 4.78 is 1.17. The molecule has 0 fully saturated rings. The van der Waals surface area contributed by atoms with Crippen LogP contribution in [0.2, 0.25) is 0 Å². The lowest BCUT2D eigenvalue weighted by atomic mass is 10.0. The molecular formula is C13H23BrN2S2. The van der Waals surface area contributed by atoms with E-state index in [1.54, 1.807) is 11.3 Å². The van der Waals surface area contributed by atoms with Crippen LogP contribution in [0, 0.1) is 0 Å². The van der Waals surface area contributed by atoms with E-state index in [1.807, 2.05) is 11.8 Å². The van der Waals surface area contributed by atoms with Gasteiger partial charge in [0.15, 0.2) is 0 Å². The van der Waals surface area contributed by atoms with Crippen LogP contribution in [0.5, 0.6) is 0 Å². The van der Waals surface area contributed by atoms with E-state index in [0.717, 1.165) is 0 Å². The highest BCUT2D eigenvalue weighted by molar-refractivity contribution is 9.11.